The van der Waals surface area contributed by atoms with Crippen molar-refractivity contribution >= 4 is 5.91 Å². The molecule has 0 radical (unpaired) electrons. The van der Waals surface area contributed by atoms with Gasteiger partial charge in [-0.1, -0.05) is 42.5 Å². The number of benzene rings is 2. The first-order chi connectivity index (χ1) is 13.6. The van der Waals surface area contributed by atoms with E-state index in [4.69, 9.17) is 0 Å². The number of hydrogen-bond donors (Lipinski definition) is 3. The maximum absolute atomic E-state index is 12.1. The van der Waals surface area contributed by atoms with E-state index in [2.05, 4.69) is 10.3 Å². The van der Waals surface area contributed by atoms with Crippen molar-refractivity contribution in [2.45, 2.75) is 25.6 Å². The molecular weight excluding hydrogens is 354 g/mol. The Bertz CT molecular complexity index is 1020. The van der Waals surface area contributed by atoms with Crippen LogP contribution in [0.2, 0.25) is 0 Å². The number of aliphatic hydroxyl groups is 1. The first kappa shape index (κ1) is 18.0. The predicted molar refractivity (Wildman–Crippen MR) is 105 cm³/mol. The average Bonchev–Trinajstić information content (AvgIpc) is 3.19. The van der Waals surface area contributed by atoms with Gasteiger partial charge in [-0.05, 0) is 29.3 Å². The summed E-state index contributed by atoms with van der Waals surface area (Å²) in [7, 11) is 0. The van der Waals surface area contributed by atoms with Crippen LogP contribution < -0.4 is 5.32 Å². The molecule has 1 aromatic heterocycles. The van der Waals surface area contributed by atoms with E-state index >= 15 is 0 Å². The van der Waals surface area contributed by atoms with Gasteiger partial charge in [0, 0.05) is 30.7 Å². The number of phenols is 1. The third-order valence-electron chi connectivity index (χ3n) is 4.80. The molecule has 3 N–H and O–H groups in total. The fourth-order valence-electron chi connectivity index (χ4n) is 3.43. The SMILES string of the molecule is O=C1NC(O)C=C1Cc1c(Cc2ccccc2)ncn1Cc1cccc(O)c1. The first-order valence-electron chi connectivity index (χ1n) is 9.13. The van der Waals surface area contributed by atoms with Gasteiger partial charge < -0.3 is 20.1 Å². The highest BCUT2D eigenvalue weighted by Gasteiger charge is 2.24. The minimum absolute atomic E-state index is 0.213. The fourth-order valence-corrected chi connectivity index (χ4v) is 3.43. The molecule has 3 aromatic rings. The number of aliphatic hydroxyl groups excluding tert-OH is 1. The normalized spacial score (nSPS) is 16.1. The van der Waals surface area contributed by atoms with Crippen LogP contribution in [0.4, 0.5) is 0 Å². The van der Waals surface area contributed by atoms with Gasteiger partial charge in [0.1, 0.15) is 12.0 Å². The smallest absolute Gasteiger partial charge is 0.249 e. The highest BCUT2D eigenvalue weighted by atomic mass is 16.3. The molecule has 28 heavy (non-hydrogen) atoms. The van der Waals surface area contributed by atoms with Crippen LogP contribution in [0.15, 0.2) is 72.6 Å². The molecule has 0 fully saturated rings. The molecule has 2 heterocycles. The number of imidazole rings is 1. The van der Waals surface area contributed by atoms with E-state index in [0.717, 1.165) is 22.5 Å². The molecule has 142 valence electrons. The second-order valence-electron chi connectivity index (χ2n) is 6.89. The monoisotopic (exact) mass is 375 g/mol. The van der Waals surface area contributed by atoms with Crippen LogP contribution >= 0.6 is 0 Å². The van der Waals surface area contributed by atoms with Crippen LogP contribution in [-0.2, 0) is 24.2 Å². The molecule has 0 spiro atoms. The molecule has 1 aliphatic rings. The van der Waals surface area contributed by atoms with Crippen LogP contribution in [0.5, 0.6) is 5.75 Å². The average molecular weight is 375 g/mol. The van der Waals surface area contributed by atoms with Gasteiger partial charge in [0.25, 0.3) is 0 Å². The predicted octanol–water partition coefficient (Wildman–Crippen LogP) is 2.14. The van der Waals surface area contributed by atoms with E-state index in [-0.39, 0.29) is 11.7 Å². The zero-order valence-electron chi connectivity index (χ0n) is 15.2. The number of amides is 1. The van der Waals surface area contributed by atoms with Crippen LogP contribution in [0.3, 0.4) is 0 Å². The van der Waals surface area contributed by atoms with Gasteiger partial charge in [-0.3, -0.25) is 4.79 Å². The Morgan fingerprint density at radius 3 is 2.54 bits per heavy atom. The number of aromatic nitrogens is 2. The van der Waals surface area contributed by atoms with Crippen molar-refractivity contribution in [2.24, 2.45) is 0 Å². The van der Waals surface area contributed by atoms with Gasteiger partial charge in [0.15, 0.2) is 0 Å². The Hall–Kier alpha value is -3.38. The lowest BCUT2D eigenvalue weighted by Crippen LogP contribution is -2.27. The number of hydrogen-bond acceptors (Lipinski definition) is 4. The van der Waals surface area contributed by atoms with Crippen molar-refractivity contribution in [3.05, 3.63) is 95.1 Å². The largest absolute Gasteiger partial charge is 0.508 e. The summed E-state index contributed by atoms with van der Waals surface area (Å²) in [5, 5.41) is 21.9. The first-order valence-corrected chi connectivity index (χ1v) is 9.13. The Kier molecular flexibility index (Phi) is 4.95. The molecule has 6 nitrogen and oxygen atoms in total. The summed E-state index contributed by atoms with van der Waals surface area (Å²) in [5.41, 5.74) is 4.41. The quantitative estimate of drug-likeness (QED) is 0.616. The molecule has 2 aromatic carbocycles. The van der Waals surface area contributed by atoms with E-state index in [9.17, 15) is 15.0 Å². The van der Waals surface area contributed by atoms with E-state index in [1.807, 2.05) is 41.0 Å². The minimum atomic E-state index is -0.942. The second-order valence-corrected chi connectivity index (χ2v) is 6.89. The van der Waals surface area contributed by atoms with Gasteiger partial charge in [-0.2, -0.15) is 0 Å². The van der Waals surface area contributed by atoms with Crippen molar-refractivity contribution in [3.8, 4) is 5.75 Å². The van der Waals surface area contributed by atoms with Gasteiger partial charge in [-0.15, -0.1) is 0 Å². The summed E-state index contributed by atoms with van der Waals surface area (Å²) in [6.45, 7) is 0.531. The van der Waals surface area contributed by atoms with E-state index in [1.165, 1.54) is 0 Å². The number of rotatable bonds is 6. The van der Waals surface area contributed by atoms with Gasteiger partial charge in [0.2, 0.25) is 5.91 Å². The van der Waals surface area contributed by atoms with Crippen molar-refractivity contribution < 1.29 is 15.0 Å². The summed E-state index contributed by atoms with van der Waals surface area (Å²) < 4.78 is 1.99. The molecule has 0 saturated carbocycles. The van der Waals surface area contributed by atoms with E-state index < -0.39 is 6.23 Å². The van der Waals surface area contributed by atoms with Crippen LogP contribution in [0.1, 0.15) is 22.5 Å². The number of aromatic hydroxyl groups is 1. The van der Waals surface area contributed by atoms with Crippen LogP contribution in [0, 0.1) is 0 Å². The highest BCUT2D eigenvalue weighted by Crippen LogP contribution is 2.21. The molecule has 6 heteroatoms. The summed E-state index contributed by atoms with van der Waals surface area (Å²) in [5.74, 6) is -0.0482. The Balaban J connectivity index is 1.67. The lowest BCUT2D eigenvalue weighted by atomic mass is 10.0. The fraction of sp³-hybridized carbons (Fsp3) is 0.182. The zero-order chi connectivity index (χ0) is 19.5. The zero-order valence-corrected chi connectivity index (χ0v) is 15.2. The van der Waals surface area contributed by atoms with Crippen LogP contribution in [-0.4, -0.2) is 31.9 Å². The van der Waals surface area contributed by atoms with Crippen molar-refractivity contribution in [1.82, 2.24) is 14.9 Å². The Morgan fingerprint density at radius 2 is 1.82 bits per heavy atom. The minimum Gasteiger partial charge on any atom is -0.508 e. The maximum Gasteiger partial charge on any atom is 0.249 e. The van der Waals surface area contributed by atoms with Gasteiger partial charge in [0.05, 0.1) is 12.0 Å². The molecule has 0 saturated heterocycles. The molecule has 1 unspecified atom stereocenters. The van der Waals surface area contributed by atoms with E-state index in [0.29, 0.717) is 25.0 Å². The topological polar surface area (TPSA) is 87.4 Å². The van der Waals surface area contributed by atoms with Gasteiger partial charge >= 0.3 is 0 Å². The molecule has 0 bridgehead atoms. The number of carbonyl (C=O) groups excluding carboxylic acids is 1. The molecule has 1 aliphatic heterocycles. The lowest BCUT2D eigenvalue weighted by Gasteiger charge is -2.11. The van der Waals surface area contributed by atoms with Crippen molar-refractivity contribution in [2.75, 3.05) is 0 Å². The number of nitrogens with one attached hydrogen (secondary N) is 1. The van der Waals surface area contributed by atoms with Crippen molar-refractivity contribution in [1.29, 1.82) is 0 Å². The number of nitrogens with zero attached hydrogens (tertiary/aromatic N) is 2. The molecule has 1 atom stereocenters. The molecular formula is C22H21N3O3. The van der Waals surface area contributed by atoms with Gasteiger partial charge in [-0.25, -0.2) is 4.98 Å². The number of carbonyl (C=O) groups is 1. The molecule has 0 aliphatic carbocycles. The third-order valence-corrected chi connectivity index (χ3v) is 4.80. The third kappa shape index (κ3) is 3.97. The summed E-state index contributed by atoms with van der Waals surface area (Å²) in [6, 6.07) is 17.1. The molecule has 4 rings (SSSR count). The lowest BCUT2D eigenvalue weighted by molar-refractivity contribution is -0.118. The molecule has 1 amide bonds. The summed E-state index contributed by atoms with van der Waals surface area (Å²) in [6.07, 6.45) is 3.40. The van der Waals surface area contributed by atoms with Crippen LogP contribution in [0.25, 0.3) is 0 Å². The second kappa shape index (κ2) is 7.70. The van der Waals surface area contributed by atoms with Crippen molar-refractivity contribution in [3.63, 3.8) is 0 Å². The Morgan fingerprint density at radius 1 is 1.04 bits per heavy atom. The highest BCUT2D eigenvalue weighted by molar-refractivity contribution is 5.96. The van der Waals surface area contributed by atoms with E-state index in [1.54, 1.807) is 30.6 Å². The number of phenolic OH excluding ortho intramolecular Hbond substituents is 1. The summed E-state index contributed by atoms with van der Waals surface area (Å²) in [4.78, 5) is 16.7. The summed E-state index contributed by atoms with van der Waals surface area (Å²) >= 11 is 0. The maximum atomic E-state index is 12.1. The standard InChI is InChI=1S/C22H21N3O3/c26-18-8-4-7-16(9-18)13-25-14-23-19(10-15-5-2-1-3-6-15)20(25)11-17-12-21(27)24-22(17)28/h1-9,12,14,21,26-27H,10-11,13H2,(H,24,28). The Labute approximate surface area is 162 Å².